The van der Waals surface area contributed by atoms with E-state index in [2.05, 4.69) is 69.0 Å². The van der Waals surface area contributed by atoms with Crippen molar-refractivity contribution in [3.63, 3.8) is 0 Å². The van der Waals surface area contributed by atoms with Crippen molar-refractivity contribution in [2.24, 2.45) is 7.05 Å². The summed E-state index contributed by atoms with van der Waals surface area (Å²) >= 11 is 0. The van der Waals surface area contributed by atoms with Gasteiger partial charge in [0.05, 0.1) is 31.2 Å². The molecule has 0 spiro atoms. The highest BCUT2D eigenvalue weighted by Gasteiger charge is 2.31. The van der Waals surface area contributed by atoms with Gasteiger partial charge in [-0.3, -0.25) is 33.5 Å². The van der Waals surface area contributed by atoms with Crippen LogP contribution < -0.4 is 15.6 Å². The van der Waals surface area contributed by atoms with Crippen LogP contribution in [-0.4, -0.2) is 191 Å². The fourth-order valence-corrected chi connectivity index (χ4v) is 16.7. The molecule has 0 atom stereocenters. The summed E-state index contributed by atoms with van der Waals surface area (Å²) in [7, 11) is -3.82. The molecular formula is C70H74N12O16S3. The highest BCUT2D eigenvalue weighted by Crippen LogP contribution is 2.38. The van der Waals surface area contributed by atoms with Gasteiger partial charge in [-0.25, -0.2) is 51.9 Å². The zero-order chi connectivity index (χ0) is 72.5. The Kier molecular flexibility index (Phi) is 22.6. The topological polar surface area (TPSA) is 353 Å². The Balaban J connectivity index is 0.000000154. The number of nitrogens with zero attached hydrogens (tertiary/aromatic N) is 12. The van der Waals surface area contributed by atoms with Gasteiger partial charge in [0.1, 0.15) is 0 Å². The van der Waals surface area contributed by atoms with E-state index in [9.17, 15) is 39.6 Å². The van der Waals surface area contributed by atoms with Crippen molar-refractivity contribution in [2.75, 3.05) is 83.3 Å². The van der Waals surface area contributed by atoms with Crippen LogP contribution in [0.3, 0.4) is 0 Å². The monoisotopic (exact) mass is 1430 g/mol. The Hall–Kier alpha value is -10.7. The number of fused-ring (bicyclic) bond motifs is 5. The minimum absolute atomic E-state index is 0.0344. The minimum atomic E-state index is -3.94. The van der Waals surface area contributed by atoms with E-state index in [1.165, 1.54) is 35.5 Å². The molecule has 7 aromatic heterocycles. The van der Waals surface area contributed by atoms with Crippen molar-refractivity contribution in [1.82, 2.24) is 46.1 Å². The van der Waals surface area contributed by atoms with E-state index in [1.54, 1.807) is 115 Å². The Morgan fingerprint density at radius 2 is 0.980 bits per heavy atom. The van der Waals surface area contributed by atoms with Crippen LogP contribution in [0, 0.1) is 0 Å². The lowest BCUT2D eigenvalue weighted by molar-refractivity contribution is -0.123. The summed E-state index contributed by atoms with van der Waals surface area (Å²) in [5, 5.41) is 22.3. The van der Waals surface area contributed by atoms with Crippen LogP contribution >= 0.6 is 0 Å². The summed E-state index contributed by atoms with van der Waals surface area (Å²) in [6.07, 6.45) is 21.0. The first kappa shape index (κ1) is 73.0. The van der Waals surface area contributed by atoms with Gasteiger partial charge < -0.3 is 44.2 Å². The van der Waals surface area contributed by atoms with Crippen LogP contribution in [-0.2, 0) is 67.5 Å². The number of pyridine rings is 3. The Labute approximate surface area is 581 Å². The lowest BCUT2D eigenvalue weighted by atomic mass is 10.00. The molecule has 1 fully saturated rings. The molecule has 5 aliphatic rings. The quantitative estimate of drug-likeness (QED) is 0.111. The van der Waals surface area contributed by atoms with Gasteiger partial charge in [0.25, 0.3) is 49.5 Å². The van der Waals surface area contributed by atoms with E-state index >= 15 is 0 Å². The SMILES string of the molecule is CC(=O)N1CCc2cc(S(=O)(=O)n3cc(C4=CCN(C)CC4)c4ncccc43)ccc21.CN1CC=C(c2cn(S(=O)(=O)c3ccc(N4CCCC4=O)cc3)c3ncccc23)CC1.CN1CC=C(c2cn(S(=O)(=O)c3ccc4c(c3)oc(=O)n4C)c3ncccc23)CC1.O=CO.O=CO.O=CO. The zero-order valence-corrected chi connectivity index (χ0v) is 58.3. The van der Waals surface area contributed by atoms with Gasteiger partial charge in [-0.05, 0) is 167 Å². The average Bonchev–Trinajstić information content (AvgIpc) is 1.62. The molecule has 101 heavy (non-hydrogen) atoms. The zero-order valence-electron chi connectivity index (χ0n) is 55.8. The molecule has 10 aromatic rings. The van der Waals surface area contributed by atoms with Gasteiger partial charge in [-0.1, -0.05) is 18.2 Å². The van der Waals surface area contributed by atoms with Crippen molar-refractivity contribution in [3.8, 4) is 0 Å². The molecule has 12 heterocycles. The van der Waals surface area contributed by atoms with Gasteiger partial charge in [0.15, 0.2) is 16.9 Å². The summed E-state index contributed by atoms with van der Waals surface area (Å²) in [4.78, 5) is 84.4. The second kappa shape index (κ2) is 31.2. The number of anilines is 2. The first-order valence-corrected chi connectivity index (χ1v) is 36.2. The van der Waals surface area contributed by atoms with Crippen molar-refractivity contribution >= 4 is 134 Å². The van der Waals surface area contributed by atoms with E-state index in [1.807, 2.05) is 24.3 Å². The Bertz CT molecular complexity index is 5310. The van der Waals surface area contributed by atoms with E-state index in [-0.39, 0.29) is 51.5 Å². The third-order valence-corrected chi connectivity index (χ3v) is 22.8. The third-order valence-electron chi connectivity index (χ3n) is 17.8. The predicted molar refractivity (Wildman–Crippen MR) is 381 cm³/mol. The van der Waals surface area contributed by atoms with Crippen LogP contribution in [0.25, 0.3) is 60.9 Å². The Morgan fingerprint density at radius 1 is 0.515 bits per heavy atom. The fourth-order valence-electron chi connectivity index (χ4n) is 12.6. The average molecular weight is 1440 g/mol. The van der Waals surface area contributed by atoms with E-state index in [0.717, 1.165) is 126 Å². The predicted octanol–water partition coefficient (Wildman–Crippen LogP) is 7.56. The molecule has 5 aliphatic heterocycles. The van der Waals surface area contributed by atoms with Crippen LogP contribution in [0.2, 0.25) is 0 Å². The van der Waals surface area contributed by atoms with Crippen LogP contribution in [0.1, 0.15) is 61.3 Å². The first-order valence-electron chi connectivity index (χ1n) is 31.9. The Morgan fingerprint density at radius 3 is 1.49 bits per heavy atom. The normalized spacial score (nSPS) is 15.8. The number of carboxylic acid groups (broad SMARTS) is 3. The maximum atomic E-state index is 13.6. The number of carbonyl (C=O) groups excluding carboxylic acids is 2. The highest BCUT2D eigenvalue weighted by molar-refractivity contribution is 7.90. The molecule has 1 saturated heterocycles. The number of likely N-dealkylation sites (N-methyl/N-ethyl adjacent to an activating group) is 3. The number of rotatable bonds is 10. The number of amides is 2. The highest BCUT2D eigenvalue weighted by atomic mass is 32.2. The van der Waals surface area contributed by atoms with Gasteiger partial charge in [0, 0.05) is 155 Å². The number of aryl methyl sites for hydroxylation is 1. The van der Waals surface area contributed by atoms with Gasteiger partial charge in [-0.15, -0.1) is 0 Å². The molecule has 0 unspecified atom stereocenters. The largest absolute Gasteiger partial charge is 0.483 e. The number of aromatic nitrogens is 7. The smallest absolute Gasteiger partial charge is 0.419 e. The molecule has 3 N–H and O–H groups in total. The molecule has 0 radical (unpaired) electrons. The maximum Gasteiger partial charge on any atom is 0.419 e. The lowest BCUT2D eigenvalue weighted by Crippen LogP contribution is -2.25. The third kappa shape index (κ3) is 15.2. The summed E-state index contributed by atoms with van der Waals surface area (Å²) in [5.41, 5.74) is 11.3. The summed E-state index contributed by atoms with van der Waals surface area (Å²) < 4.78 is 91.7. The van der Waals surface area contributed by atoms with E-state index in [0.29, 0.717) is 53.8 Å². The number of oxazole rings is 1. The molecule has 528 valence electrons. The molecule has 0 aliphatic carbocycles. The summed E-state index contributed by atoms with van der Waals surface area (Å²) in [5.74, 6) is -0.496. The minimum Gasteiger partial charge on any atom is -0.483 e. The molecule has 3 aromatic carbocycles. The first-order chi connectivity index (χ1) is 48.4. The summed E-state index contributed by atoms with van der Waals surface area (Å²) in [6.45, 7) is 7.29. The summed E-state index contributed by atoms with van der Waals surface area (Å²) in [6, 6.07) is 27.0. The van der Waals surface area contributed by atoms with Gasteiger partial charge >= 0.3 is 5.76 Å². The molecule has 15 rings (SSSR count). The van der Waals surface area contributed by atoms with Crippen molar-refractivity contribution in [1.29, 1.82) is 0 Å². The van der Waals surface area contributed by atoms with Crippen LogP contribution in [0.4, 0.5) is 11.4 Å². The molecule has 2 amide bonds. The molecular weight excluding hydrogens is 1360 g/mol. The standard InChI is InChI=1S/2C23H24N4O3S.C21H20N4O4S.3CH2O2/c1-16(28)26-13-9-18-14-19(5-6-21(18)26)31(29,30)27-15-20(17-7-11-25(2)12-8-17)23-22(27)4-3-10-24-23;1-25-14-10-17(11-15-25)21-16-27(23-20(21)4-2-12-24-23)31(29,30)19-8-6-18(7-9-19)26-13-3-5-22(26)28;1-23-10-7-14(8-11-23)17-13-25(20-16(17)4-3-9-22-20)30(27,28)15-5-6-18-19(12-15)29-21(26)24(18)2;3*2-1-3/h3-7,10,14-15H,8-9,11-13H2,1-2H3;2,4,6-10,12,16H,3,5,11,13-15H2,1H3;3-7,9,12-13H,8,10-11H2,1-2H3;3*1H,(H,2,3). The number of hydrogen-bond donors (Lipinski definition) is 3. The second-order valence-electron chi connectivity index (χ2n) is 24.1. The second-order valence-corrected chi connectivity index (χ2v) is 29.5. The van der Waals surface area contributed by atoms with Crippen molar-refractivity contribution in [2.45, 2.75) is 60.1 Å². The lowest BCUT2D eigenvalue weighted by Gasteiger charge is -2.21. The number of carbonyl (C=O) groups is 5. The van der Waals surface area contributed by atoms with Gasteiger partial charge in [-0.2, -0.15) is 0 Å². The molecule has 31 heteroatoms. The maximum absolute atomic E-state index is 13.6. The van der Waals surface area contributed by atoms with E-state index in [4.69, 9.17) is 34.1 Å². The number of hydrogen-bond acceptors (Lipinski definition) is 19. The fraction of sp³-hybridized carbons (Fsp3) is 0.271. The van der Waals surface area contributed by atoms with E-state index < -0.39 is 35.8 Å². The number of benzene rings is 3. The van der Waals surface area contributed by atoms with Crippen molar-refractivity contribution < 1.29 is 69.0 Å². The molecule has 28 nitrogen and oxygen atoms in total. The van der Waals surface area contributed by atoms with Gasteiger partial charge in [0.2, 0.25) is 11.8 Å². The van der Waals surface area contributed by atoms with Crippen molar-refractivity contribution in [3.05, 3.63) is 185 Å². The molecule has 0 bridgehead atoms. The molecule has 0 saturated carbocycles. The van der Waals surface area contributed by atoms with Crippen LogP contribution in [0.5, 0.6) is 0 Å². The van der Waals surface area contributed by atoms with Crippen LogP contribution in [0.15, 0.2) is 176 Å².